The second kappa shape index (κ2) is 14.4. The van der Waals surface area contributed by atoms with Gasteiger partial charge in [-0.1, -0.05) is 48.5 Å². The van der Waals surface area contributed by atoms with Gasteiger partial charge in [-0.2, -0.15) is 5.10 Å². The maximum Gasteiger partial charge on any atom is 0.338 e. The molecule has 3 aromatic carbocycles. The van der Waals surface area contributed by atoms with Gasteiger partial charge in [0.2, 0.25) is 0 Å². The maximum absolute atomic E-state index is 12.6. The average Bonchev–Trinajstić information content (AvgIpc) is 2.99. The lowest BCUT2D eigenvalue weighted by molar-refractivity contribution is -0.139. The van der Waals surface area contributed by atoms with Gasteiger partial charge in [0.25, 0.3) is 5.91 Å². The van der Waals surface area contributed by atoms with Crippen LogP contribution in [-0.4, -0.2) is 44.4 Å². The highest BCUT2D eigenvalue weighted by molar-refractivity contribution is 5.95. The van der Waals surface area contributed by atoms with Crippen molar-refractivity contribution in [3.63, 3.8) is 0 Å². The minimum atomic E-state index is -0.766. The molecular formula is C31H32N4O7. The number of amides is 3. The number of hydrazone groups is 1. The summed E-state index contributed by atoms with van der Waals surface area (Å²) in [5.74, 6) is 0.186. The minimum Gasteiger partial charge on any atom is -0.493 e. The predicted molar refractivity (Wildman–Crippen MR) is 155 cm³/mol. The van der Waals surface area contributed by atoms with E-state index < -0.39 is 23.9 Å². The van der Waals surface area contributed by atoms with Gasteiger partial charge in [-0.3, -0.25) is 4.79 Å². The van der Waals surface area contributed by atoms with Gasteiger partial charge in [-0.25, -0.2) is 15.0 Å². The molecule has 1 heterocycles. The van der Waals surface area contributed by atoms with Gasteiger partial charge in [0.15, 0.2) is 18.1 Å². The first-order valence-corrected chi connectivity index (χ1v) is 13.2. The Hall–Kier alpha value is -5.32. The average molecular weight is 573 g/mol. The highest BCUT2D eigenvalue weighted by Crippen LogP contribution is 2.34. The van der Waals surface area contributed by atoms with E-state index in [0.717, 1.165) is 5.56 Å². The Kier molecular flexibility index (Phi) is 10.1. The molecule has 11 heteroatoms. The van der Waals surface area contributed by atoms with E-state index in [1.165, 1.54) is 13.3 Å². The SMILES string of the molecule is CCOC(=O)C1=C(C)NC(=O)N[C@@H]1c1ccc(OCC(=O)N/N=C/c2ccccc2OCc2ccccc2)c(OC)c1. The summed E-state index contributed by atoms with van der Waals surface area (Å²) in [6.45, 7) is 3.58. The normalized spacial score (nSPS) is 14.5. The summed E-state index contributed by atoms with van der Waals surface area (Å²) in [5.41, 5.74) is 5.41. The Bertz CT molecular complexity index is 1490. The van der Waals surface area contributed by atoms with E-state index in [9.17, 15) is 14.4 Å². The van der Waals surface area contributed by atoms with Gasteiger partial charge < -0.3 is 29.6 Å². The van der Waals surface area contributed by atoms with Crippen LogP contribution in [0.2, 0.25) is 0 Å². The number of esters is 1. The topological polar surface area (TPSA) is 137 Å². The van der Waals surface area contributed by atoms with Gasteiger partial charge in [-0.05, 0) is 49.2 Å². The van der Waals surface area contributed by atoms with Gasteiger partial charge in [0.1, 0.15) is 12.4 Å². The molecule has 0 saturated carbocycles. The van der Waals surface area contributed by atoms with Crippen LogP contribution in [0.15, 0.2) is 89.2 Å². The molecule has 0 aliphatic carbocycles. The molecule has 3 N–H and O–H groups in total. The number of hydrogen-bond donors (Lipinski definition) is 3. The first kappa shape index (κ1) is 29.7. The van der Waals surface area contributed by atoms with Crippen LogP contribution < -0.4 is 30.3 Å². The van der Waals surface area contributed by atoms with Gasteiger partial charge >= 0.3 is 12.0 Å². The fourth-order valence-electron chi connectivity index (χ4n) is 4.21. The Balaban J connectivity index is 1.37. The van der Waals surface area contributed by atoms with E-state index in [-0.39, 0.29) is 18.8 Å². The second-order valence-electron chi connectivity index (χ2n) is 9.09. The summed E-state index contributed by atoms with van der Waals surface area (Å²) in [7, 11) is 1.45. The number of para-hydroxylation sites is 1. The number of carbonyl (C=O) groups excluding carboxylic acids is 3. The third kappa shape index (κ3) is 7.66. The number of carbonyl (C=O) groups is 3. The molecule has 42 heavy (non-hydrogen) atoms. The Labute approximate surface area is 243 Å². The molecule has 0 fully saturated rings. The Morgan fingerprint density at radius 2 is 1.74 bits per heavy atom. The van der Waals surface area contributed by atoms with Crippen molar-refractivity contribution in [2.75, 3.05) is 20.3 Å². The van der Waals surface area contributed by atoms with Crippen molar-refractivity contribution >= 4 is 24.1 Å². The number of nitrogens with zero attached hydrogens (tertiary/aromatic N) is 1. The summed E-state index contributed by atoms with van der Waals surface area (Å²) in [6, 6.07) is 20.8. The fourth-order valence-corrected chi connectivity index (χ4v) is 4.21. The van der Waals surface area contributed by atoms with Crippen LogP contribution in [0.25, 0.3) is 0 Å². The molecule has 1 aliphatic heterocycles. The van der Waals surface area contributed by atoms with Crippen LogP contribution in [0.3, 0.4) is 0 Å². The molecular weight excluding hydrogens is 540 g/mol. The van der Waals surface area contributed by atoms with Crippen molar-refractivity contribution in [1.29, 1.82) is 0 Å². The summed E-state index contributed by atoms with van der Waals surface area (Å²) >= 11 is 0. The van der Waals surface area contributed by atoms with Crippen LogP contribution in [0, 0.1) is 0 Å². The number of allylic oxidation sites excluding steroid dienone is 1. The molecule has 11 nitrogen and oxygen atoms in total. The standard InChI is InChI=1S/C31H32N4O7/c1-4-40-30(37)28-20(2)33-31(38)34-29(28)22-14-15-25(26(16-22)39-3)42-19-27(36)35-32-17-23-12-8-9-13-24(23)41-18-21-10-6-5-7-11-21/h5-17,29H,4,18-19H2,1-3H3,(H,35,36)(H2,33,34,38)/b32-17+/t29-/m1/s1. The molecule has 0 aromatic heterocycles. The number of methoxy groups -OCH3 is 1. The van der Waals surface area contributed by atoms with Crippen molar-refractivity contribution in [2.45, 2.75) is 26.5 Å². The number of benzene rings is 3. The molecule has 218 valence electrons. The highest BCUT2D eigenvalue weighted by atomic mass is 16.5. The van der Waals surface area contributed by atoms with Crippen molar-refractivity contribution in [3.8, 4) is 17.2 Å². The first-order chi connectivity index (χ1) is 20.4. The molecule has 0 spiro atoms. The number of rotatable bonds is 12. The van der Waals surface area contributed by atoms with Crippen molar-refractivity contribution in [3.05, 3.63) is 101 Å². The number of urea groups is 1. The lowest BCUT2D eigenvalue weighted by Gasteiger charge is -2.28. The van der Waals surface area contributed by atoms with E-state index >= 15 is 0 Å². The van der Waals surface area contributed by atoms with E-state index in [1.54, 1.807) is 32.0 Å². The summed E-state index contributed by atoms with van der Waals surface area (Å²) in [4.78, 5) is 37.2. The quantitative estimate of drug-likeness (QED) is 0.170. The Morgan fingerprint density at radius 3 is 2.50 bits per heavy atom. The van der Waals surface area contributed by atoms with Gasteiger partial charge in [-0.15, -0.1) is 0 Å². The Morgan fingerprint density at radius 1 is 0.976 bits per heavy atom. The lowest BCUT2D eigenvalue weighted by atomic mass is 9.95. The smallest absolute Gasteiger partial charge is 0.338 e. The highest BCUT2D eigenvalue weighted by Gasteiger charge is 2.32. The van der Waals surface area contributed by atoms with Crippen molar-refractivity contribution in [2.24, 2.45) is 5.10 Å². The molecule has 4 rings (SSSR count). The molecule has 3 amide bonds. The molecule has 0 unspecified atom stereocenters. The summed E-state index contributed by atoms with van der Waals surface area (Å²) in [5, 5.41) is 9.36. The van der Waals surface area contributed by atoms with Crippen LogP contribution in [0.5, 0.6) is 17.2 Å². The molecule has 0 radical (unpaired) electrons. The summed E-state index contributed by atoms with van der Waals surface area (Å²) in [6.07, 6.45) is 1.50. The monoisotopic (exact) mass is 572 g/mol. The molecule has 1 aliphatic rings. The maximum atomic E-state index is 12.6. The van der Waals surface area contributed by atoms with Crippen LogP contribution in [-0.2, 0) is 20.9 Å². The number of nitrogens with one attached hydrogen (secondary N) is 3. The zero-order chi connectivity index (χ0) is 29.9. The zero-order valence-corrected chi connectivity index (χ0v) is 23.5. The van der Waals surface area contributed by atoms with Crippen LogP contribution >= 0.6 is 0 Å². The molecule has 1 atom stereocenters. The predicted octanol–water partition coefficient (Wildman–Crippen LogP) is 3.99. The van der Waals surface area contributed by atoms with Gasteiger partial charge in [0.05, 0.1) is 31.5 Å². The second-order valence-corrected chi connectivity index (χ2v) is 9.09. The fraction of sp³-hybridized carbons (Fsp3) is 0.226. The van der Waals surface area contributed by atoms with Crippen LogP contribution in [0.1, 0.15) is 36.6 Å². The molecule has 0 saturated heterocycles. The third-order valence-corrected chi connectivity index (χ3v) is 6.19. The third-order valence-electron chi connectivity index (χ3n) is 6.19. The lowest BCUT2D eigenvalue weighted by Crippen LogP contribution is -2.45. The van der Waals surface area contributed by atoms with Crippen molar-refractivity contribution in [1.82, 2.24) is 16.1 Å². The van der Waals surface area contributed by atoms with Crippen molar-refractivity contribution < 1.29 is 33.3 Å². The van der Waals surface area contributed by atoms with E-state index in [1.807, 2.05) is 54.6 Å². The number of ether oxygens (including phenoxy) is 4. The largest absolute Gasteiger partial charge is 0.493 e. The van der Waals surface area contributed by atoms with E-state index in [0.29, 0.717) is 40.7 Å². The summed E-state index contributed by atoms with van der Waals surface area (Å²) < 4.78 is 22.2. The van der Waals surface area contributed by atoms with Crippen LogP contribution in [0.4, 0.5) is 4.79 Å². The van der Waals surface area contributed by atoms with E-state index in [4.69, 9.17) is 18.9 Å². The van der Waals surface area contributed by atoms with Gasteiger partial charge in [0, 0.05) is 11.3 Å². The molecule has 3 aromatic rings. The van der Waals surface area contributed by atoms with E-state index in [2.05, 4.69) is 21.2 Å². The minimum absolute atomic E-state index is 0.188. The zero-order valence-electron chi connectivity index (χ0n) is 23.5. The number of hydrogen-bond acceptors (Lipinski definition) is 8. The molecule has 0 bridgehead atoms. The first-order valence-electron chi connectivity index (χ1n) is 13.2.